The maximum absolute atomic E-state index is 11.9. The molecule has 0 aliphatic heterocycles. The molecule has 1 N–H and O–H groups in total. The second kappa shape index (κ2) is 6.37. The zero-order chi connectivity index (χ0) is 14.6. The summed E-state index contributed by atoms with van der Waals surface area (Å²) in [6.07, 6.45) is 9.08. The Hall–Kier alpha value is -1.39. The van der Waals surface area contributed by atoms with Crippen LogP contribution < -0.4 is 0 Å². The topological polar surface area (TPSA) is 68.0 Å². The molecule has 1 aliphatic rings. The van der Waals surface area contributed by atoms with E-state index < -0.39 is 11.4 Å². The third kappa shape index (κ3) is 3.19. The van der Waals surface area contributed by atoms with E-state index in [9.17, 15) is 9.90 Å². The molecule has 0 spiro atoms. The second-order valence-corrected chi connectivity index (χ2v) is 6.24. The summed E-state index contributed by atoms with van der Waals surface area (Å²) in [4.78, 5) is 16.2. The molecule has 1 fully saturated rings. The highest BCUT2D eigenvalue weighted by Crippen LogP contribution is 2.37. The second-order valence-electron chi connectivity index (χ2n) is 6.24. The van der Waals surface area contributed by atoms with Crippen molar-refractivity contribution in [2.24, 2.45) is 5.41 Å². The van der Waals surface area contributed by atoms with E-state index in [2.05, 4.69) is 10.1 Å². The van der Waals surface area contributed by atoms with Crippen molar-refractivity contribution >= 4 is 5.97 Å². The molecule has 0 bridgehead atoms. The van der Waals surface area contributed by atoms with Crippen LogP contribution >= 0.6 is 0 Å². The van der Waals surface area contributed by atoms with Gasteiger partial charge in [-0.25, -0.2) is 9.67 Å². The van der Waals surface area contributed by atoms with E-state index in [-0.39, 0.29) is 6.04 Å². The highest BCUT2D eigenvalue weighted by atomic mass is 16.4. The summed E-state index contributed by atoms with van der Waals surface area (Å²) in [6, 6.07) is 0.215. The minimum absolute atomic E-state index is 0.215. The Kier molecular flexibility index (Phi) is 4.78. The third-order valence-corrected chi connectivity index (χ3v) is 4.40. The molecule has 20 heavy (non-hydrogen) atoms. The van der Waals surface area contributed by atoms with E-state index in [1.807, 2.05) is 18.5 Å². The van der Waals surface area contributed by atoms with Gasteiger partial charge in [0.1, 0.15) is 12.2 Å². The monoisotopic (exact) mass is 279 g/mol. The first kappa shape index (κ1) is 15.0. The summed E-state index contributed by atoms with van der Waals surface area (Å²) in [6.45, 7) is 4.09. The van der Waals surface area contributed by atoms with Crippen molar-refractivity contribution in [3.63, 3.8) is 0 Å². The number of aromatic nitrogens is 3. The number of carboxylic acid groups (broad SMARTS) is 1. The maximum Gasteiger partial charge on any atom is 0.310 e. The van der Waals surface area contributed by atoms with Gasteiger partial charge in [-0.15, -0.1) is 0 Å². The molecule has 0 atom stereocenters. The van der Waals surface area contributed by atoms with Crippen LogP contribution in [-0.2, 0) is 11.2 Å². The standard InChI is InChI=1S/C15H25N3O2/c1-12(2)18-13(16-11-17-18)10-15(14(19)20)8-6-4-3-5-7-9-15/h11-12H,3-10H2,1-2H3,(H,19,20). The van der Waals surface area contributed by atoms with Crippen molar-refractivity contribution < 1.29 is 9.90 Å². The quantitative estimate of drug-likeness (QED) is 0.918. The van der Waals surface area contributed by atoms with Crippen LogP contribution in [0.3, 0.4) is 0 Å². The van der Waals surface area contributed by atoms with Crippen LogP contribution in [0.1, 0.15) is 70.7 Å². The molecule has 1 saturated carbocycles. The van der Waals surface area contributed by atoms with E-state index in [0.29, 0.717) is 6.42 Å². The lowest BCUT2D eigenvalue weighted by molar-refractivity contribution is -0.150. The van der Waals surface area contributed by atoms with Crippen molar-refractivity contribution in [2.75, 3.05) is 0 Å². The van der Waals surface area contributed by atoms with Gasteiger partial charge in [-0.2, -0.15) is 5.10 Å². The van der Waals surface area contributed by atoms with Gasteiger partial charge in [0.15, 0.2) is 0 Å². The number of hydrogen-bond donors (Lipinski definition) is 1. The van der Waals surface area contributed by atoms with Crippen LogP contribution in [0.25, 0.3) is 0 Å². The molecule has 0 aromatic carbocycles. The molecule has 2 rings (SSSR count). The van der Waals surface area contributed by atoms with Gasteiger partial charge in [0, 0.05) is 12.5 Å². The number of carboxylic acids is 1. The van der Waals surface area contributed by atoms with E-state index in [4.69, 9.17) is 0 Å². The number of hydrogen-bond acceptors (Lipinski definition) is 3. The molecular formula is C15H25N3O2. The van der Waals surface area contributed by atoms with E-state index in [1.54, 1.807) is 0 Å². The number of aliphatic carboxylic acids is 1. The van der Waals surface area contributed by atoms with Crippen LogP contribution in [0.5, 0.6) is 0 Å². The van der Waals surface area contributed by atoms with Gasteiger partial charge in [0.05, 0.1) is 5.41 Å². The highest BCUT2D eigenvalue weighted by Gasteiger charge is 2.39. The lowest BCUT2D eigenvalue weighted by Crippen LogP contribution is -2.35. The normalized spacial score (nSPS) is 19.6. The number of nitrogens with zero attached hydrogens (tertiary/aromatic N) is 3. The molecule has 0 saturated heterocycles. The Morgan fingerprint density at radius 1 is 1.30 bits per heavy atom. The van der Waals surface area contributed by atoms with Gasteiger partial charge in [-0.3, -0.25) is 4.79 Å². The lowest BCUT2D eigenvalue weighted by atomic mass is 9.73. The number of carbonyl (C=O) groups is 1. The maximum atomic E-state index is 11.9. The summed E-state index contributed by atoms with van der Waals surface area (Å²) in [7, 11) is 0. The molecule has 1 aliphatic carbocycles. The van der Waals surface area contributed by atoms with Crippen LogP contribution in [0, 0.1) is 5.41 Å². The van der Waals surface area contributed by atoms with Crippen LogP contribution in [0.15, 0.2) is 6.33 Å². The fraction of sp³-hybridized carbons (Fsp3) is 0.800. The Morgan fingerprint density at radius 2 is 1.90 bits per heavy atom. The number of rotatable bonds is 4. The van der Waals surface area contributed by atoms with E-state index in [1.165, 1.54) is 12.7 Å². The predicted octanol–water partition coefficient (Wildman–Crippen LogP) is 3.22. The van der Waals surface area contributed by atoms with Gasteiger partial charge in [0.25, 0.3) is 0 Å². The van der Waals surface area contributed by atoms with Crippen molar-refractivity contribution in [3.05, 3.63) is 12.2 Å². The van der Waals surface area contributed by atoms with E-state index in [0.717, 1.165) is 44.3 Å². The average Bonchev–Trinajstić information content (AvgIpc) is 2.80. The Balaban J connectivity index is 2.23. The molecule has 1 heterocycles. The predicted molar refractivity (Wildman–Crippen MR) is 76.5 cm³/mol. The molecule has 0 radical (unpaired) electrons. The summed E-state index contributed by atoms with van der Waals surface area (Å²) in [5.41, 5.74) is -0.653. The van der Waals surface area contributed by atoms with Crippen LogP contribution in [-0.4, -0.2) is 25.8 Å². The summed E-state index contributed by atoms with van der Waals surface area (Å²) in [5, 5.41) is 14.0. The SMILES string of the molecule is CC(C)n1ncnc1CC1(C(=O)O)CCCCCCC1. The first-order chi connectivity index (χ1) is 9.55. The highest BCUT2D eigenvalue weighted by molar-refractivity contribution is 5.75. The average molecular weight is 279 g/mol. The van der Waals surface area contributed by atoms with Crippen LogP contribution in [0.2, 0.25) is 0 Å². The minimum atomic E-state index is -0.669. The van der Waals surface area contributed by atoms with Gasteiger partial charge in [0.2, 0.25) is 0 Å². The van der Waals surface area contributed by atoms with Crippen LogP contribution in [0.4, 0.5) is 0 Å². The third-order valence-electron chi connectivity index (χ3n) is 4.40. The van der Waals surface area contributed by atoms with Gasteiger partial charge >= 0.3 is 5.97 Å². The summed E-state index contributed by atoms with van der Waals surface area (Å²) < 4.78 is 1.85. The molecule has 5 nitrogen and oxygen atoms in total. The van der Waals surface area contributed by atoms with Gasteiger partial charge in [-0.1, -0.05) is 32.1 Å². The van der Waals surface area contributed by atoms with Gasteiger partial charge in [-0.05, 0) is 26.7 Å². The minimum Gasteiger partial charge on any atom is -0.481 e. The molecule has 0 amide bonds. The zero-order valence-electron chi connectivity index (χ0n) is 12.5. The first-order valence-corrected chi connectivity index (χ1v) is 7.67. The molecule has 112 valence electrons. The largest absolute Gasteiger partial charge is 0.481 e. The summed E-state index contributed by atoms with van der Waals surface area (Å²) in [5.74, 6) is 0.140. The van der Waals surface area contributed by atoms with Gasteiger partial charge < -0.3 is 5.11 Å². The molecular weight excluding hydrogens is 254 g/mol. The smallest absolute Gasteiger partial charge is 0.310 e. The lowest BCUT2D eigenvalue weighted by Gasteiger charge is -2.31. The fourth-order valence-corrected chi connectivity index (χ4v) is 3.18. The summed E-state index contributed by atoms with van der Waals surface area (Å²) >= 11 is 0. The molecule has 5 heteroatoms. The Bertz CT molecular complexity index is 446. The van der Waals surface area contributed by atoms with E-state index >= 15 is 0 Å². The van der Waals surface area contributed by atoms with Crippen molar-refractivity contribution in [1.82, 2.24) is 14.8 Å². The fourth-order valence-electron chi connectivity index (χ4n) is 3.18. The molecule has 1 aromatic heterocycles. The van der Waals surface area contributed by atoms with Crippen molar-refractivity contribution in [2.45, 2.75) is 71.3 Å². The van der Waals surface area contributed by atoms with Crippen molar-refractivity contribution in [1.29, 1.82) is 0 Å². The zero-order valence-corrected chi connectivity index (χ0v) is 12.5. The molecule has 1 aromatic rings. The first-order valence-electron chi connectivity index (χ1n) is 7.67. The Morgan fingerprint density at radius 3 is 2.45 bits per heavy atom. The Labute approximate surface area is 120 Å². The van der Waals surface area contributed by atoms with Crippen molar-refractivity contribution in [3.8, 4) is 0 Å². The molecule has 0 unspecified atom stereocenters.